The first-order valence-electron chi connectivity index (χ1n) is 7.12. The van der Waals surface area contributed by atoms with E-state index in [2.05, 4.69) is 21.2 Å². The van der Waals surface area contributed by atoms with Gasteiger partial charge in [0.05, 0.1) is 12.1 Å². The van der Waals surface area contributed by atoms with Gasteiger partial charge < -0.3 is 10.4 Å². The molecule has 120 valence electrons. The van der Waals surface area contributed by atoms with E-state index in [0.29, 0.717) is 21.6 Å². The number of carbonyl (C=O) groups excluding carboxylic acids is 1. The second kappa shape index (κ2) is 7.44. The highest BCUT2D eigenvalue weighted by Crippen LogP contribution is 2.27. The minimum atomic E-state index is -0.820. The van der Waals surface area contributed by atoms with E-state index in [0.717, 1.165) is 12.8 Å². The maximum absolute atomic E-state index is 12.2. The topological polar surface area (TPSA) is 69.6 Å². The van der Waals surface area contributed by atoms with E-state index < -0.39 is 5.97 Å². The van der Waals surface area contributed by atoms with E-state index in [9.17, 15) is 9.59 Å². The van der Waals surface area contributed by atoms with Gasteiger partial charge in [0.15, 0.2) is 0 Å². The Hall–Kier alpha value is -1.11. The fourth-order valence-electron chi connectivity index (χ4n) is 2.61. The van der Waals surface area contributed by atoms with Crippen molar-refractivity contribution in [1.29, 1.82) is 0 Å². The molecule has 1 aromatic carbocycles. The zero-order chi connectivity index (χ0) is 16.3. The van der Waals surface area contributed by atoms with Gasteiger partial charge in [0.2, 0.25) is 0 Å². The third-order valence-corrected chi connectivity index (χ3v) is 4.78. The summed E-state index contributed by atoms with van der Waals surface area (Å²) in [4.78, 5) is 24.9. The molecule has 1 aromatic rings. The summed E-state index contributed by atoms with van der Waals surface area (Å²) in [5.41, 5.74) is 0.547. The number of carboxylic acids is 1. The van der Waals surface area contributed by atoms with E-state index in [4.69, 9.17) is 16.7 Å². The van der Waals surface area contributed by atoms with E-state index in [1.807, 2.05) is 11.8 Å². The Bertz CT molecular complexity index is 576. The van der Waals surface area contributed by atoms with Gasteiger partial charge in [-0.1, -0.05) is 18.5 Å². The van der Waals surface area contributed by atoms with E-state index in [1.54, 1.807) is 18.2 Å². The molecule has 1 amide bonds. The smallest absolute Gasteiger partial charge is 0.317 e. The van der Waals surface area contributed by atoms with Crippen molar-refractivity contribution in [3.05, 3.63) is 33.3 Å². The molecular weight excluding hydrogens is 372 g/mol. The van der Waals surface area contributed by atoms with Crippen LogP contribution in [0.15, 0.2) is 22.7 Å². The number of likely N-dealkylation sites (N-methyl/N-ethyl adjacent to an activating group) is 1. The number of carbonyl (C=O) groups is 2. The number of nitrogens with one attached hydrogen (secondary N) is 1. The lowest BCUT2D eigenvalue weighted by atomic mass is 9.85. The number of hydrogen-bond acceptors (Lipinski definition) is 3. The predicted octanol–water partition coefficient (Wildman–Crippen LogP) is 2.77. The number of amides is 1. The molecule has 5 nitrogen and oxygen atoms in total. The lowest BCUT2D eigenvalue weighted by molar-refractivity contribution is -0.139. The normalized spacial score (nSPS) is 20.5. The average Bonchev–Trinajstić information content (AvgIpc) is 2.39. The number of rotatable bonds is 6. The molecule has 0 aromatic heterocycles. The maximum atomic E-state index is 12.2. The lowest BCUT2D eigenvalue weighted by Gasteiger charge is -2.42. The molecule has 0 spiro atoms. The molecule has 22 heavy (non-hydrogen) atoms. The largest absolute Gasteiger partial charge is 0.480 e. The molecule has 1 aliphatic carbocycles. The number of carboxylic acid groups (broad SMARTS) is 1. The first-order valence-corrected chi connectivity index (χ1v) is 8.29. The fraction of sp³-hybridized carbons (Fsp3) is 0.467. The van der Waals surface area contributed by atoms with Crippen LogP contribution in [0.3, 0.4) is 0 Å². The van der Waals surface area contributed by atoms with Crippen LogP contribution in [0.25, 0.3) is 0 Å². The Kier molecular flexibility index (Phi) is 5.83. The van der Waals surface area contributed by atoms with Gasteiger partial charge >= 0.3 is 5.97 Å². The minimum absolute atomic E-state index is 0.0462. The van der Waals surface area contributed by atoms with Crippen molar-refractivity contribution in [3.8, 4) is 0 Å². The standard InChI is InChI=1S/C15H18BrClN2O3/c1-2-19(8-14(20)21)11-6-10(7-11)18-15(22)12-4-3-9(17)5-13(12)16/h3-5,10-11H,2,6-8H2,1H3,(H,18,22)(H,20,21). The quantitative estimate of drug-likeness (QED) is 0.785. The van der Waals surface area contributed by atoms with Crippen LogP contribution in [0.2, 0.25) is 5.02 Å². The zero-order valence-electron chi connectivity index (χ0n) is 12.2. The molecule has 0 unspecified atom stereocenters. The van der Waals surface area contributed by atoms with Crippen LogP contribution in [0, 0.1) is 0 Å². The number of aliphatic carboxylic acids is 1. The number of benzene rings is 1. The van der Waals surface area contributed by atoms with Crippen LogP contribution < -0.4 is 5.32 Å². The third kappa shape index (κ3) is 4.21. The van der Waals surface area contributed by atoms with Crippen molar-refractivity contribution < 1.29 is 14.7 Å². The Morgan fingerprint density at radius 2 is 2.14 bits per heavy atom. The average molecular weight is 390 g/mol. The molecule has 0 aliphatic heterocycles. The zero-order valence-corrected chi connectivity index (χ0v) is 14.5. The molecule has 1 fully saturated rings. The Morgan fingerprint density at radius 3 is 2.68 bits per heavy atom. The Balaban J connectivity index is 1.86. The molecule has 0 bridgehead atoms. The monoisotopic (exact) mass is 388 g/mol. The van der Waals surface area contributed by atoms with E-state index in [-0.39, 0.29) is 24.5 Å². The molecule has 0 heterocycles. The second-order valence-corrected chi connectivity index (χ2v) is 6.67. The van der Waals surface area contributed by atoms with Gasteiger partial charge in [-0.25, -0.2) is 0 Å². The van der Waals surface area contributed by atoms with Crippen LogP contribution in [-0.4, -0.2) is 47.1 Å². The summed E-state index contributed by atoms with van der Waals surface area (Å²) in [5.74, 6) is -0.965. The molecule has 1 saturated carbocycles. The van der Waals surface area contributed by atoms with Crippen molar-refractivity contribution in [2.75, 3.05) is 13.1 Å². The molecule has 0 atom stereocenters. The second-order valence-electron chi connectivity index (χ2n) is 5.38. The summed E-state index contributed by atoms with van der Waals surface area (Å²) in [6.45, 7) is 2.69. The first-order chi connectivity index (χ1) is 10.4. The van der Waals surface area contributed by atoms with Crippen LogP contribution in [0.5, 0.6) is 0 Å². The summed E-state index contributed by atoms with van der Waals surface area (Å²) >= 11 is 9.19. The first kappa shape index (κ1) is 17.2. The lowest BCUT2D eigenvalue weighted by Crippen LogP contribution is -2.54. The molecule has 0 radical (unpaired) electrons. The number of halogens is 2. The van der Waals surface area contributed by atoms with Crippen molar-refractivity contribution in [2.24, 2.45) is 0 Å². The fourth-order valence-corrected chi connectivity index (χ4v) is 3.48. The van der Waals surface area contributed by atoms with Crippen molar-refractivity contribution in [3.63, 3.8) is 0 Å². The molecule has 1 aliphatic rings. The van der Waals surface area contributed by atoms with E-state index >= 15 is 0 Å². The highest BCUT2D eigenvalue weighted by Gasteiger charge is 2.34. The molecule has 0 saturated heterocycles. The predicted molar refractivity (Wildman–Crippen MR) is 88.3 cm³/mol. The summed E-state index contributed by atoms with van der Waals surface area (Å²) in [5, 5.41) is 12.4. The maximum Gasteiger partial charge on any atom is 0.317 e. The Labute approximate surface area is 142 Å². The molecule has 2 rings (SSSR count). The Morgan fingerprint density at radius 1 is 1.45 bits per heavy atom. The van der Waals surface area contributed by atoms with Crippen molar-refractivity contribution in [2.45, 2.75) is 31.8 Å². The highest BCUT2D eigenvalue weighted by atomic mass is 79.9. The van der Waals surface area contributed by atoms with Gasteiger partial charge in [-0.15, -0.1) is 0 Å². The van der Waals surface area contributed by atoms with Crippen LogP contribution in [-0.2, 0) is 4.79 Å². The van der Waals surface area contributed by atoms with Gasteiger partial charge in [-0.05, 0) is 53.5 Å². The molecule has 2 N–H and O–H groups in total. The molecule has 7 heteroatoms. The summed E-state index contributed by atoms with van der Waals surface area (Å²) < 4.78 is 0.662. The summed E-state index contributed by atoms with van der Waals surface area (Å²) in [6.07, 6.45) is 1.55. The van der Waals surface area contributed by atoms with Gasteiger partial charge in [0.25, 0.3) is 5.91 Å². The number of nitrogens with zero attached hydrogens (tertiary/aromatic N) is 1. The minimum Gasteiger partial charge on any atom is -0.480 e. The van der Waals surface area contributed by atoms with Gasteiger partial charge in [0, 0.05) is 21.6 Å². The SMILES string of the molecule is CCN(CC(=O)O)C1CC(NC(=O)c2ccc(Cl)cc2Br)C1. The van der Waals surface area contributed by atoms with Crippen molar-refractivity contribution >= 4 is 39.4 Å². The summed E-state index contributed by atoms with van der Waals surface area (Å²) in [7, 11) is 0. The molecular formula is C15H18BrClN2O3. The highest BCUT2D eigenvalue weighted by molar-refractivity contribution is 9.10. The van der Waals surface area contributed by atoms with Crippen LogP contribution in [0.1, 0.15) is 30.1 Å². The van der Waals surface area contributed by atoms with Crippen molar-refractivity contribution in [1.82, 2.24) is 10.2 Å². The van der Waals surface area contributed by atoms with Crippen LogP contribution >= 0.6 is 27.5 Å². The number of hydrogen-bond donors (Lipinski definition) is 2. The van der Waals surface area contributed by atoms with E-state index in [1.165, 1.54) is 0 Å². The van der Waals surface area contributed by atoms with Gasteiger partial charge in [-0.3, -0.25) is 14.5 Å². The summed E-state index contributed by atoms with van der Waals surface area (Å²) in [6, 6.07) is 5.35. The van der Waals surface area contributed by atoms with Crippen LogP contribution in [0.4, 0.5) is 0 Å². The van der Waals surface area contributed by atoms with Gasteiger partial charge in [-0.2, -0.15) is 0 Å². The third-order valence-electron chi connectivity index (χ3n) is 3.89. The van der Waals surface area contributed by atoms with Gasteiger partial charge in [0.1, 0.15) is 0 Å².